The molecular weight excluding hydrogens is 347 g/mol. The van der Waals surface area contributed by atoms with Gasteiger partial charge in [-0.25, -0.2) is 4.68 Å². The largest absolute Gasteiger partial charge is 0.396 e. The first-order chi connectivity index (χ1) is 11.7. The van der Waals surface area contributed by atoms with E-state index in [2.05, 4.69) is 15.5 Å². The summed E-state index contributed by atoms with van der Waals surface area (Å²) in [5.74, 6) is 0.717. The molecule has 1 N–H and O–H groups in total. The second-order valence-electron chi connectivity index (χ2n) is 5.43. The number of aliphatic hydroxyl groups excluding tert-OH is 1. The van der Waals surface area contributed by atoms with Crippen LogP contribution in [-0.2, 0) is 6.54 Å². The third-order valence-electron chi connectivity index (χ3n) is 3.85. The summed E-state index contributed by atoms with van der Waals surface area (Å²) in [6.45, 7) is 0.601. The maximum atomic E-state index is 9.42. The van der Waals surface area contributed by atoms with E-state index in [9.17, 15) is 5.11 Å². The monoisotopic (exact) mass is 362 g/mol. The SMILES string of the molecule is OCC[C@H](Cn1nnnc1-c1ccccc1)c1ccc(Cl)c(Cl)c1. The number of halogens is 2. The molecule has 1 heterocycles. The molecule has 0 amide bonds. The fourth-order valence-electron chi connectivity index (χ4n) is 2.62. The number of aromatic nitrogens is 4. The van der Waals surface area contributed by atoms with Crippen molar-refractivity contribution in [2.24, 2.45) is 0 Å². The lowest BCUT2D eigenvalue weighted by Gasteiger charge is -2.17. The van der Waals surface area contributed by atoms with Crippen molar-refractivity contribution in [1.29, 1.82) is 0 Å². The van der Waals surface area contributed by atoms with E-state index in [4.69, 9.17) is 23.2 Å². The smallest absolute Gasteiger partial charge is 0.182 e. The Morgan fingerprint density at radius 2 is 1.83 bits per heavy atom. The van der Waals surface area contributed by atoms with Gasteiger partial charge in [-0.15, -0.1) is 5.10 Å². The third-order valence-corrected chi connectivity index (χ3v) is 4.59. The second kappa shape index (κ2) is 7.75. The van der Waals surface area contributed by atoms with Gasteiger partial charge < -0.3 is 5.11 Å². The standard InChI is InChI=1S/C17H16Cl2N4O/c18-15-7-6-13(10-16(15)19)14(8-9-24)11-23-17(20-21-22-23)12-4-2-1-3-5-12/h1-7,10,14,24H,8-9,11H2/t14-/m1/s1. The van der Waals surface area contributed by atoms with Crippen LogP contribution >= 0.6 is 23.2 Å². The average molecular weight is 363 g/mol. The molecule has 2 aromatic carbocycles. The lowest BCUT2D eigenvalue weighted by molar-refractivity contribution is 0.267. The quantitative estimate of drug-likeness (QED) is 0.723. The molecule has 0 aliphatic heterocycles. The summed E-state index contributed by atoms with van der Waals surface area (Å²) in [7, 11) is 0. The van der Waals surface area contributed by atoms with Gasteiger partial charge in [0, 0.05) is 18.1 Å². The Bertz CT molecular complexity index is 807. The molecule has 0 radical (unpaired) electrons. The molecule has 124 valence electrons. The van der Waals surface area contributed by atoms with Gasteiger partial charge in [0.15, 0.2) is 5.82 Å². The Morgan fingerprint density at radius 3 is 2.54 bits per heavy atom. The van der Waals surface area contributed by atoms with Gasteiger partial charge in [-0.05, 0) is 34.5 Å². The van der Waals surface area contributed by atoms with Crippen LogP contribution in [0.2, 0.25) is 10.0 Å². The van der Waals surface area contributed by atoms with Crippen molar-refractivity contribution in [3.63, 3.8) is 0 Å². The third kappa shape index (κ3) is 3.75. The number of hydrogen-bond donors (Lipinski definition) is 1. The zero-order valence-corrected chi connectivity index (χ0v) is 14.3. The van der Waals surface area contributed by atoms with Crippen LogP contribution < -0.4 is 0 Å². The molecule has 0 saturated heterocycles. The van der Waals surface area contributed by atoms with Crippen molar-refractivity contribution in [3.8, 4) is 11.4 Å². The molecule has 0 aliphatic carbocycles. The number of hydrogen-bond acceptors (Lipinski definition) is 4. The van der Waals surface area contributed by atoms with Gasteiger partial charge in [-0.1, -0.05) is 59.6 Å². The molecule has 0 unspecified atom stereocenters. The highest BCUT2D eigenvalue weighted by atomic mass is 35.5. The van der Waals surface area contributed by atoms with Crippen LogP contribution in [0.4, 0.5) is 0 Å². The van der Waals surface area contributed by atoms with Crippen LogP contribution in [0.15, 0.2) is 48.5 Å². The van der Waals surface area contributed by atoms with Crippen molar-refractivity contribution in [2.75, 3.05) is 6.61 Å². The van der Waals surface area contributed by atoms with Gasteiger partial charge in [0.25, 0.3) is 0 Å². The highest BCUT2D eigenvalue weighted by Crippen LogP contribution is 2.29. The van der Waals surface area contributed by atoms with Gasteiger partial charge in [0.2, 0.25) is 0 Å². The minimum absolute atomic E-state index is 0.0238. The van der Waals surface area contributed by atoms with E-state index in [1.54, 1.807) is 10.7 Å². The molecule has 0 aliphatic rings. The van der Waals surface area contributed by atoms with Gasteiger partial charge in [0.1, 0.15) is 0 Å². The van der Waals surface area contributed by atoms with Crippen LogP contribution in [0.25, 0.3) is 11.4 Å². The molecule has 3 aromatic rings. The van der Waals surface area contributed by atoms with E-state index in [1.165, 1.54) is 0 Å². The minimum Gasteiger partial charge on any atom is -0.396 e. The zero-order chi connectivity index (χ0) is 16.9. The van der Waals surface area contributed by atoms with E-state index in [0.717, 1.165) is 11.1 Å². The molecule has 0 spiro atoms. The summed E-state index contributed by atoms with van der Waals surface area (Å²) in [6.07, 6.45) is 0.575. The summed E-state index contributed by atoms with van der Waals surface area (Å²) in [5.41, 5.74) is 1.94. The molecule has 1 atom stereocenters. The normalized spacial score (nSPS) is 12.3. The van der Waals surface area contributed by atoms with Crippen molar-refractivity contribution in [3.05, 3.63) is 64.1 Å². The Hall–Kier alpha value is -1.95. The molecule has 3 rings (SSSR count). The maximum Gasteiger partial charge on any atom is 0.182 e. The molecule has 0 bridgehead atoms. The molecular formula is C17H16Cl2N4O. The van der Waals surface area contributed by atoms with E-state index >= 15 is 0 Å². The van der Waals surface area contributed by atoms with Crippen LogP contribution in [-0.4, -0.2) is 31.9 Å². The van der Waals surface area contributed by atoms with Crippen molar-refractivity contribution >= 4 is 23.2 Å². The van der Waals surface area contributed by atoms with Crippen molar-refractivity contribution in [1.82, 2.24) is 20.2 Å². The second-order valence-corrected chi connectivity index (χ2v) is 6.25. The first-order valence-corrected chi connectivity index (χ1v) is 8.32. The fourth-order valence-corrected chi connectivity index (χ4v) is 2.92. The molecule has 24 heavy (non-hydrogen) atoms. The molecule has 0 saturated carbocycles. The predicted molar refractivity (Wildman–Crippen MR) is 94.2 cm³/mol. The topological polar surface area (TPSA) is 63.8 Å². The molecule has 1 aromatic heterocycles. The number of aliphatic hydroxyl groups is 1. The number of benzene rings is 2. The summed E-state index contributed by atoms with van der Waals surface area (Å²) in [4.78, 5) is 0. The molecule has 5 nitrogen and oxygen atoms in total. The van der Waals surface area contributed by atoms with Crippen molar-refractivity contribution in [2.45, 2.75) is 18.9 Å². The first-order valence-electron chi connectivity index (χ1n) is 7.56. The highest BCUT2D eigenvalue weighted by molar-refractivity contribution is 6.42. The van der Waals surface area contributed by atoms with Gasteiger partial charge in [0.05, 0.1) is 16.6 Å². The van der Waals surface area contributed by atoms with E-state index < -0.39 is 0 Å². The summed E-state index contributed by atoms with van der Waals surface area (Å²) < 4.78 is 1.75. The Labute approximate surface area is 149 Å². The Kier molecular flexibility index (Phi) is 5.45. The van der Waals surface area contributed by atoms with Gasteiger partial charge >= 0.3 is 0 Å². The molecule has 7 heteroatoms. The summed E-state index contributed by atoms with van der Waals surface area (Å²) in [6, 6.07) is 15.3. The summed E-state index contributed by atoms with van der Waals surface area (Å²) >= 11 is 12.1. The first kappa shape index (κ1) is 16.9. The number of nitrogens with zero attached hydrogens (tertiary/aromatic N) is 4. The number of rotatable bonds is 6. The van der Waals surface area contributed by atoms with Crippen molar-refractivity contribution < 1.29 is 5.11 Å². The van der Waals surface area contributed by atoms with Crippen LogP contribution in [0.1, 0.15) is 17.9 Å². The van der Waals surface area contributed by atoms with Crippen LogP contribution in [0.3, 0.4) is 0 Å². The average Bonchev–Trinajstić information content (AvgIpc) is 3.06. The zero-order valence-electron chi connectivity index (χ0n) is 12.8. The molecule has 0 fully saturated rings. The van der Waals surface area contributed by atoms with E-state index in [-0.39, 0.29) is 12.5 Å². The fraction of sp³-hybridized carbons (Fsp3) is 0.235. The maximum absolute atomic E-state index is 9.42. The summed E-state index contributed by atoms with van der Waals surface area (Å²) in [5, 5.41) is 22.4. The van der Waals surface area contributed by atoms with Gasteiger partial charge in [-0.3, -0.25) is 0 Å². The lowest BCUT2D eigenvalue weighted by atomic mass is 9.96. The predicted octanol–water partition coefficient (Wildman–Crippen LogP) is 3.81. The lowest BCUT2D eigenvalue weighted by Crippen LogP contribution is -2.13. The van der Waals surface area contributed by atoms with Gasteiger partial charge in [-0.2, -0.15) is 0 Å². The highest BCUT2D eigenvalue weighted by Gasteiger charge is 2.17. The Morgan fingerprint density at radius 1 is 1.04 bits per heavy atom. The van der Waals surface area contributed by atoms with Crippen LogP contribution in [0, 0.1) is 0 Å². The minimum atomic E-state index is 0.0238. The Balaban J connectivity index is 1.89. The number of tetrazole rings is 1. The van der Waals surface area contributed by atoms with Crippen LogP contribution in [0.5, 0.6) is 0 Å². The van der Waals surface area contributed by atoms with E-state index in [1.807, 2.05) is 42.5 Å². The van der Waals surface area contributed by atoms with E-state index in [0.29, 0.717) is 28.8 Å².